The third-order valence-electron chi connectivity index (χ3n) is 6.07. The molecule has 5 nitrogen and oxygen atoms in total. The van der Waals surface area contributed by atoms with Crippen molar-refractivity contribution in [1.29, 1.82) is 0 Å². The largest absolute Gasteiger partial charge is 0.493 e. The van der Waals surface area contributed by atoms with Crippen LogP contribution in [0.1, 0.15) is 46.7 Å². The van der Waals surface area contributed by atoms with E-state index in [1.165, 1.54) is 0 Å². The maximum atomic E-state index is 13.4. The summed E-state index contributed by atoms with van der Waals surface area (Å²) in [5.74, 6) is 0.712. The smallest absolute Gasteiger partial charge is 0.253 e. The molecule has 168 valence electrons. The van der Waals surface area contributed by atoms with Crippen LogP contribution in [0, 0.1) is 6.92 Å². The number of nitrogens with one attached hydrogen (secondary N) is 1. The van der Waals surface area contributed by atoms with E-state index in [9.17, 15) is 4.79 Å². The zero-order valence-electron chi connectivity index (χ0n) is 18.4. The molecule has 4 aromatic rings. The fourth-order valence-electron chi connectivity index (χ4n) is 4.61. The standard InChI is InChI=1S/C26H23Cl2N3O2/c1-3-22-20(26(32)29-21-10-11-33-24-7-5-4-6-19(21)24)8-9-23-25(15(2)30-31(22)23)16-12-17(27)14-18(28)13-16/h4-9,12-14,21H,3,10-11H2,1-2H3,(H,29,32)/t21-/m0/s1. The molecular weight excluding hydrogens is 457 g/mol. The highest BCUT2D eigenvalue weighted by Crippen LogP contribution is 2.34. The van der Waals surface area contributed by atoms with E-state index >= 15 is 0 Å². The number of halogens is 2. The summed E-state index contributed by atoms with van der Waals surface area (Å²) < 4.78 is 7.60. The first-order chi connectivity index (χ1) is 16.0. The molecule has 3 heterocycles. The van der Waals surface area contributed by atoms with Gasteiger partial charge >= 0.3 is 0 Å². The maximum absolute atomic E-state index is 13.4. The SMILES string of the molecule is CCc1c(C(=O)N[C@H]2CCOc3ccccc32)ccc2c(-c3cc(Cl)cc(Cl)c3)c(C)nn12. The summed E-state index contributed by atoms with van der Waals surface area (Å²) in [5, 5.41) is 9.12. The number of fused-ring (bicyclic) bond motifs is 2. The van der Waals surface area contributed by atoms with Gasteiger partial charge in [-0.3, -0.25) is 4.79 Å². The lowest BCUT2D eigenvalue weighted by molar-refractivity contribution is 0.0923. The number of carbonyl (C=O) groups is 1. The van der Waals surface area contributed by atoms with Crippen LogP contribution in [0.25, 0.3) is 16.6 Å². The first-order valence-electron chi connectivity index (χ1n) is 11.0. The molecule has 0 saturated heterocycles. The minimum absolute atomic E-state index is 0.0913. The van der Waals surface area contributed by atoms with Gasteiger partial charge in [-0.2, -0.15) is 5.10 Å². The molecular formula is C26H23Cl2N3O2. The lowest BCUT2D eigenvalue weighted by Crippen LogP contribution is -2.33. The molecule has 2 aromatic carbocycles. The van der Waals surface area contributed by atoms with Crippen LogP contribution in [-0.4, -0.2) is 22.1 Å². The summed E-state index contributed by atoms with van der Waals surface area (Å²) >= 11 is 12.5. The normalized spacial score (nSPS) is 15.2. The van der Waals surface area contributed by atoms with Gasteiger partial charge in [0.1, 0.15) is 5.75 Å². The van der Waals surface area contributed by atoms with E-state index < -0.39 is 0 Å². The first-order valence-corrected chi connectivity index (χ1v) is 11.7. The average Bonchev–Trinajstić information content (AvgIpc) is 3.13. The summed E-state index contributed by atoms with van der Waals surface area (Å²) in [6.07, 6.45) is 1.38. The Hall–Kier alpha value is -3.02. The Morgan fingerprint density at radius 3 is 2.67 bits per heavy atom. The van der Waals surface area contributed by atoms with Crippen molar-refractivity contribution in [2.75, 3.05) is 6.61 Å². The van der Waals surface area contributed by atoms with Crippen molar-refractivity contribution in [3.63, 3.8) is 0 Å². The molecule has 7 heteroatoms. The van der Waals surface area contributed by atoms with Gasteiger partial charge in [-0.1, -0.05) is 48.3 Å². The van der Waals surface area contributed by atoms with Crippen LogP contribution in [0.4, 0.5) is 0 Å². The van der Waals surface area contributed by atoms with Crippen molar-refractivity contribution in [3.8, 4) is 16.9 Å². The Morgan fingerprint density at radius 1 is 1.15 bits per heavy atom. The van der Waals surface area contributed by atoms with Crippen LogP contribution >= 0.6 is 23.2 Å². The molecule has 0 aliphatic carbocycles. The summed E-state index contributed by atoms with van der Waals surface area (Å²) in [6.45, 7) is 4.56. The van der Waals surface area contributed by atoms with Gasteiger partial charge in [0.2, 0.25) is 0 Å². The minimum Gasteiger partial charge on any atom is -0.493 e. The number of para-hydroxylation sites is 1. The lowest BCUT2D eigenvalue weighted by Gasteiger charge is -2.27. The molecule has 0 radical (unpaired) electrons. The summed E-state index contributed by atoms with van der Waals surface area (Å²) in [6, 6.07) is 17.0. The van der Waals surface area contributed by atoms with Crippen molar-refractivity contribution >= 4 is 34.6 Å². The number of hydrogen-bond donors (Lipinski definition) is 1. The fourth-order valence-corrected chi connectivity index (χ4v) is 5.13. The summed E-state index contributed by atoms with van der Waals surface area (Å²) in [4.78, 5) is 13.4. The van der Waals surface area contributed by atoms with Gasteiger partial charge in [0.25, 0.3) is 5.91 Å². The fraction of sp³-hybridized carbons (Fsp3) is 0.231. The third kappa shape index (κ3) is 3.96. The number of carbonyl (C=O) groups excluding carboxylic acids is 1. The number of nitrogens with zero attached hydrogens (tertiary/aromatic N) is 2. The average molecular weight is 480 g/mol. The molecule has 0 fully saturated rings. The van der Waals surface area contributed by atoms with E-state index in [1.54, 1.807) is 6.07 Å². The molecule has 5 rings (SSSR count). The number of benzene rings is 2. The minimum atomic E-state index is -0.115. The Labute approximate surface area is 202 Å². The van der Waals surface area contributed by atoms with E-state index in [0.29, 0.717) is 28.6 Å². The summed E-state index contributed by atoms with van der Waals surface area (Å²) in [7, 11) is 0. The second kappa shape index (κ2) is 8.73. The van der Waals surface area contributed by atoms with E-state index in [0.717, 1.165) is 45.8 Å². The second-order valence-electron chi connectivity index (χ2n) is 8.16. The molecule has 1 aliphatic rings. The highest BCUT2D eigenvalue weighted by Gasteiger charge is 2.25. The van der Waals surface area contributed by atoms with Crippen molar-refractivity contribution in [2.24, 2.45) is 0 Å². The molecule has 1 atom stereocenters. The van der Waals surface area contributed by atoms with Gasteiger partial charge in [0.05, 0.1) is 35.1 Å². The van der Waals surface area contributed by atoms with Crippen LogP contribution in [0.15, 0.2) is 54.6 Å². The number of rotatable bonds is 4. The van der Waals surface area contributed by atoms with Crippen LogP contribution in [0.5, 0.6) is 5.75 Å². The van der Waals surface area contributed by atoms with Gasteiger partial charge in [-0.05, 0) is 55.3 Å². The van der Waals surface area contributed by atoms with Crippen LogP contribution in [0.2, 0.25) is 10.0 Å². The van der Waals surface area contributed by atoms with E-state index in [-0.39, 0.29) is 11.9 Å². The molecule has 1 N–H and O–H groups in total. The molecule has 1 amide bonds. The Balaban J connectivity index is 1.55. The molecule has 0 spiro atoms. The highest BCUT2D eigenvalue weighted by molar-refractivity contribution is 6.35. The van der Waals surface area contributed by atoms with Gasteiger partial charge < -0.3 is 10.1 Å². The number of hydrogen-bond acceptors (Lipinski definition) is 3. The van der Waals surface area contributed by atoms with E-state index in [2.05, 4.69) is 5.32 Å². The van der Waals surface area contributed by atoms with Crippen LogP contribution in [-0.2, 0) is 6.42 Å². The van der Waals surface area contributed by atoms with E-state index in [4.69, 9.17) is 33.0 Å². The topological polar surface area (TPSA) is 55.6 Å². The molecule has 0 bridgehead atoms. The van der Waals surface area contributed by atoms with Gasteiger partial charge in [0, 0.05) is 27.6 Å². The van der Waals surface area contributed by atoms with Gasteiger partial charge in [0.15, 0.2) is 0 Å². The van der Waals surface area contributed by atoms with Crippen molar-refractivity contribution in [1.82, 2.24) is 14.9 Å². The first kappa shape index (κ1) is 21.8. The number of aromatic nitrogens is 2. The van der Waals surface area contributed by atoms with Crippen LogP contribution in [0.3, 0.4) is 0 Å². The Bertz CT molecular complexity index is 1360. The Morgan fingerprint density at radius 2 is 1.91 bits per heavy atom. The van der Waals surface area contributed by atoms with Crippen molar-refractivity contribution < 1.29 is 9.53 Å². The lowest BCUT2D eigenvalue weighted by atomic mass is 9.99. The zero-order valence-corrected chi connectivity index (χ0v) is 19.9. The monoisotopic (exact) mass is 479 g/mol. The van der Waals surface area contributed by atoms with Gasteiger partial charge in [-0.25, -0.2) is 4.52 Å². The predicted molar refractivity (Wildman–Crippen MR) is 132 cm³/mol. The number of amides is 1. The van der Waals surface area contributed by atoms with Crippen molar-refractivity contribution in [2.45, 2.75) is 32.7 Å². The predicted octanol–water partition coefficient (Wildman–Crippen LogP) is 6.43. The molecule has 33 heavy (non-hydrogen) atoms. The van der Waals surface area contributed by atoms with Crippen molar-refractivity contribution in [3.05, 3.63) is 87.2 Å². The molecule has 2 aromatic heterocycles. The zero-order chi connectivity index (χ0) is 23.1. The molecule has 1 aliphatic heterocycles. The molecule has 0 unspecified atom stereocenters. The quantitative estimate of drug-likeness (QED) is 0.366. The number of aryl methyl sites for hydroxylation is 2. The third-order valence-corrected chi connectivity index (χ3v) is 6.50. The Kier molecular flexibility index (Phi) is 5.77. The summed E-state index contributed by atoms with van der Waals surface area (Å²) in [5.41, 5.74) is 6.10. The van der Waals surface area contributed by atoms with Crippen LogP contribution < -0.4 is 10.1 Å². The van der Waals surface area contributed by atoms with Gasteiger partial charge in [-0.15, -0.1) is 0 Å². The highest BCUT2D eigenvalue weighted by atomic mass is 35.5. The second-order valence-corrected chi connectivity index (χ2v) is 9.04. The van der Waals surface area contributed by atoms with E-state index in [1.807, 2.05) is 66.9 Å². The number of pyridine rings is 1. The number of ether oxygens (including phenoxy) is 1. The molecule has 0 saturated carbocycles. The maximum Gasteiger partial charge on any atom is 0.253 e.